The molecule has 0 aromatic heterocycles. The minimum Gasteiger partial charge on any atom is -0.493 e. The van der Waals surface area contributed by atoms with E-state index in [-0.39, 0.29) is 11.6 Å². The number of carbonyl (C=O) groups excluding carboxylic acids is 1. The summed E-state index contributed by atoms with van der Waals surface area (Å²) < 4.78 is 17.7. The molecule has 0 spiro atoms. The molecule has 4 rings (SSSR count). The average Bonchev–Trinajstić information content (AvgIpc) is 3.15. The van der Waals surface area contributed by atoms with Crippen LogP contribution < -0.4 is 9.47 Å². The second-order valence-electron chi connectivity index (χ2n) is 7.27. The van der Waals surface area contributed by atoms with Crippen molar-refractivity contribution in [2.24, 2.45) is 4.99 Å². The molecule has 0 saturated carbocycles. The summed E-state index contributed by atoms with van der Waals surface area (Å²) in [6.07, 6.45) is 1.58. The van der Waals surface area contributed by atoms with E-state index in [1.165, 1.54) is 12.7 Å². The van der Waals surface area contributed by atoms with Gasteiger partial charge in [-0.1, -0.05) is 53.0 Å². The van der Waals surface area contributed by atoms with Crippen LogP contribution in [0.25, 0.3) is 6.08 Å². The maximum atomic E-state index is 12.4. The predicted molar refractivity (Wildman–Crippen MR) is 138 cm³/mol. The van der Waals surface area contributed by atoms with Gasteiger partial charge in [0, 0.05) is 3.57 Å². The van der Waals surface area contributed by atoms with Gasteiger partial charge >= 0.3 is 5.97 Å². The third kappa shape index (κ3) is 5.51. The molecule has 1 aliphatic heterocycles. The Morgan fingerprint density at radius 3 is 2.55 bits per heavy atom. The molecule has 3 aromatic carbocycles. The zero-order valence-electron chi connectivity index (χ0n) is 17.7. The van der Waals surface area contributed by atoms with Crippen molar-refractivity contribution < 1.29 is 19.0 Å². The molecule has 168 valence electrons. The van der Waals surface area contributed by atoms with Crippen LogP contribution in [0.15, 0.2) is 65.3 Å². The lowest BCUT2D eigenvalue weighted by Gasteiger charge is -2.13. The fraction of sp³-hybridized carbons (Fsp3) is 0.120. The minimum atomic E-state index is -0.574. The van der Waals surface area contributed by atoms with Gasteiger partial charge in [0.2, 0.25) is 5.90 Å². The monoisotopic (exact) mass is 593 g/mol. The summed E-state index contributed by atoms with van der Waals surface area (Å²) in [6, 6.07) is 16.8. The Morgan fingerprint density at radius 2 is 1.82 bits per heavy atom. The number of halogens is 3. The molecule has 0 aliphatic carbocycles. The molecular weight excluding hydrogens is 576 g/mol. The Balaban J connectivity index is 1.60. The van der Waals surface area contributed by atoms with Crippen LogP contribution in [0, 0.1) is 10.5 Å². The van der Waals surface area contributed by atoms with Gasteiger partial charge in [-0.15, -0.1) is 0 Å². The number of nitrogens with zero attached hydrogens (tertiary/aromatic N) is 1. The Kier molecular flexibility index (Phi) is 7.26. The zero-order chi connectivity index (χ0) is 23.5. The number of ether oxygens (including phenoxy) is 3. The van der Waals surface area contributed by atoms with Crippen molar-refractivity contribution in [3.05, 3.63) is 96.2 Å². The molecule has 0 radical (unpaired) electrons. The number of aliphatic imine (C=N–C) groups is 1. The molecule has 0 bridgehead atoms. The zero-order valence-corrected chi connectivity index (χ0v) is 21.4. The number of esters is 1. The average molecular weight is 594 g/mol. The number of aryl methyl sites for hydroxylation is 1. The maximum absolute atomic E-state index is 12.4. The van der Waals surface area contributed by atoms with Crippen molar-refractivity contribution in [1.82, 2.24) is 0 Å². The summed E-state index contributed by atoms with van der Waals surface area (Å²) >= 11 is 14.9. The number of benzene rings is 3. The number of cyclic esters (lactones) is 1. The van der Waals surface area contributed by atoms with E-state index in [4.69, 9.17) is 37.4 Å². The lowest BCUT2D eigenvalue weighted by molar-refractivity contribution is -0.129. The predicted octanol–water partition coefficient (Wildman–Crippen LogP) is 6.84. The maximum Gasteiger partial charge on any atom is 0.363 e. The first-order valence-electron chi connectivity index (χ1n) is 9.88. The third-order valence-corrected chi connectivity index (χ3v) is 6.12. The number of rotatable bonds is 6. The molecule has 0 atom stereocenters. The quantitative estimate of drug-likeness (QED) is 0.178. The van der Waals surface area contributed by atoms with Crippen molar-refractivity contribution in [1.29, 1.82) is 0 Å². The van der Waals surface area contributed by atoms with Crippen molar-refractivity contribution in [2.45, 2.75) is 13.5 Å². The van der Waals surface area contributed by atoms with E-state index in [2.05, 4.69) is 27.6 Å². The fourth-order valence-corrected chi connectivity index (χ4v) is 4.11. The van der Waals surface area contributed by atoms with Crippen LogP contribution in [0.5, 0.6) is 11.5 Å². The van der Waals surface area contributed by atoms with E-state index in [0.717, 1.165) is 9.13 Å². The van der Waals surface area contributed by atoms with Crippen LogP contribution in [0.3, 0.4) is 0 Å². The molecule has 1 aliphatic rings. The van der Waals surface area contributed by atoms with Crippen LogP contribution in [0.4, 0.5) is 0 Å². The van der Waals surface area contributed by atoms with Gasteiger partial charge in [0.25, 0.3) is 0 Å². The summed E-state index contributed by atoms with van der Waals surface area (Å²) in [7, 11) is 1.53. The van der Waals surface area contributed by atoms with E-state index in [1.807, 2.05) is 37.3 Å². The van der Waals surface area contributed by atoms with Gasteiger partial charge in [-0.05, 0) is 77.0 Å². The first kappa shape index (κ1) is 23.6. The number of carbonyl (C=O) groups is 1. The van der Waals surface area contributed by atoms with E-state index < -0.39 is 5.97 Å². The van der Waals surface area contributed by atoms with Gasteiger partial charge in [0.1, 0.15) is 6.61 Å². The normalized spacial score (nSPS) is 14.3. The third-order valence-electron chi connectivity index (χ3n) is 4.84. The second-order valence-corrected chi connectivity index (χ2v) is 9.33. The van der Waals surface area contributed by atoms with Gasteiger partial charge in [-0.25, -0.2) is 9.79 Å². The summed E-state index contributed by atoms with van der Waals surface area (Å²) in [4.78, 5) is 16.7. The lowest BCUT2D eigenvalue weighted by Crippen LogP contribution is -2.06. The summed E-state index contributed by atoms with van der Waals surface area (Å²) in [5, 5.41) is 0.799. The molecule has 0 amide bonds. The highest BCUT2D eigenvalue weighted by Crippen LogP contribution is 2.38. The molecule has 0 saturated heterocycles. The van der Waals surface area contributed by atoms with Crippen LogP contribution in [-0.4, -0.2) is 19.0 Å². The molecule has 33 heavy (non-hydrogen) atoms. The van der Waals surface area contributed by atoms with Gasteiger partial charge in [-0.3, -0.25) is 0 Å². The van der Waals surface area contributed by atoms with Gasteiger partial charge in [0.15, 0.2) is 17.2 Å². The molecule has 1 heterocycles. The van der Waals surface area contributed by atoms with Crippen LogP contribution >= 0.6 is 45.8 Å². The summed E-state index contributed by atoms with van der Waals surface area (Å²) in [6.45, 7) is 2.37. The Labute approximate surface area is 215 Å². The van der Waals surface area contributed by atoms with Crippen molar-refractivity contribution in [3.8, 4) is 11.5 Å². The standard InChI is InChI=1S/C25H18Cl2INO4/c1-14-3-5-15(6-4-14)13-32-23-20(27)9-16(11-22(23)31-2)10-21-25(30)33-24(29-21)18-12-17(28)7-8-19(18)26/h3-12H,13H2,1-2H3/b21-10+. The number of methoxy groups -OCH3 is 1. The van der Waals surface area contributed by atoms with Crippen molar-refractivity contribution in [2.75, 3.05) is 7.11 Å². The fourth-order valence-electron chi connectivity index (χ4n) is 3.15. The van der Waals surface area contributed by atoms with Crippen molar-refractivity contribution in [3.63, 3.8) is 0 Å². The Bertz CT molecular complexity index is 1290. The van der Waals surface area contributed by atoms with Crippen LogP contribution in [0.1, 0.15) is 22.3 Å². The largest absolute Gasteiger partial charge is 0.493 e. The first-order chi connectivity index (χ1) is 15.8. The Hall–Kier alpha value is -2.55. The van der Waals surface area contributed by atoms with Gasteiger partial charge in [-0.2, -0.15) is 0 Å². The molecule has 0 unspecified atom stereocenters. The molecule has 0 fully saturated rings. The molecular formula is C25H18Cl2INO4. The minimum absolute atomic E-state index is 0.131. The van der Waals surface area contributed by atoms with E-state index in [1.54, 1.807) is 30.3 Å². The highest BCUT2D eigenvalue weighted by Gasteiger charge is 2.26. The van der Waals surface area contributed by atoms with E-state index >= 15 is 0 Å². The van der Waals surface area contributed by atoms with Gasteiger partial charge in [0.05, 0.1) is 22.7 Å². The molecule has 8 heteroatoms. The van der Waals surface area contributed by atoms with Gasteiger partial charge < -0.3 is 14.2 Å². The highest BCUT2D eigenvalue weighted by atomic mass is 127. The molecule has 0 N–H and O–H groups in total. The smallest absolute Gasteiger partial charge is 0.363 e. The van der Waals surface area contributed by atoms with E-state index in [9.17, 15) is 4.79 Å². The SMILES string of the molecule is COc1cc(/C=C2/N=C(c3cc(I)ccc3Cl)OC2=O)cc(Cl)c1OCc1ccc(C)cc1. The topological polar surface area (TPSA) is 57.1 Å². The number of hydrogen-bond acceptors (Lipinski definition) is 5. The van der Waals surface area contributed by atoms with E-state index in [0.29, 0.717) is 39.3 Å². The lowest BCUT2D eigenvalue weighted by atomic mass is 10.1. The van der Waals surface area contributed by atoms with Crippen molar-refractivity contribution >= 4 is 63.7 Å². The first-order valence-corrected chi connectivity index (χ1v) is 11.7. The molecule has 5 nitrogen and oxygen atoms in total. The van der Waals surface area contributed by atoms with Crippen LogP contribution in [0.2, 0.25) is 10.0 Å². The Morgan fingerprint density at radius 1 is 1.06 bits per heavy atom. The number of hydrogen-bond donors (Lipinski definition) is 0. The van der Waals surface area contributed by atoms with Crippen LogP contribution in [-0.2, 0) is 16.1 Å². The second kappa shape index (κ2) is 10.2. The molecule has 3 aromatic rings. The summed E-state index contributed by atoms with van der Waals surface area (Å²) in [5.41, 5.74) is 3.48. The highest BCUT2D eigenvalue weighted by molar-refractivity contribution is 14.1. The summed E-state index contributed by atoms with van der Waals surface area (Å²) in [5.74, 6) is 0.448.